The van der Waals surface area contributed by atoms with Crippen LogP contribution in [0.25, 0.3) is 17.1 Å². The molecule has 2 aromatic carbocycles. The van der Waals surface area contributed by atoms with Gasteiger partial charge in [-0.3, -0.25) is 9.36 Å². The van der Waals surface area contributed by atoms with E-state index in [1.54, 1.807) is 18.9 Å². The molecule has 0 aliphatic heterocycles. The highest BCUT2D eigenvalue weighted by Gasteiger charge is 2.16. The van der Waals surface area contributed by atoms with Gasteiger partial charge in [-0.05, 0) is 31.9 Å². The van der Waals surface area contributed by atoms with Gasteiger partial charge < -0.3 is 10.1 Å². The summed E-state index contributed by atoms with van der Waals surface area (Å²) in [4.78, 5) is 11.9. The van der Waals surface area contributed by atoms with Crippen molar-refractivity contribution in [1.82, 2.24) is 20.1 Å². The Morgan fingerprint density at radius 1 is 1.07 bits per heavy atom. The number of nitrogens with one attached hydrogen (secondary N) is 1. The number of methoxy groups -OCH3 is 1. The van der Waals surface area contributed by atoms with E-state index in [4.69, 9.17) is 4.74 Å². The molecule has 0 spiro atoms. The normalized spacial score (nSPS) is 10.9. The fraction of sp³-hybridized carbons (Fsp3) is 0.348. The Kier molecular flexibility index (Phi) is 8.47. The third kappa shape index (κ3) is 6.18. The molecule has 1 amide bonds. The molecular formula is C23H28N4O2S. The average Bonchev–Trinajstić information content (AvgIpc) is 3.19. The van der Waals surface area contributed by atoms with Crippen LogP contribution in [0.5, 0.6) is 0 Å². The van der Waals surface area contributed by atoms with Crippen LogP contribution in [0, 0.1) is 6.92 Å². The molecule has 30 heavy (non-hydrogen) atoms. The Morgan fingerprint density at radius 3 is 2.57 bits per heavy atom. The van der Waals surface area contributed by atoms with Crippen molar-refractivity contribution in [3.8, 4) is 17.1 Å². The van der Waals surface area contributed by atoms with Crippen molar-refractivity contribution >= 4 is 17.7 Å². The number of ether oxygens (including phenoxy) is 1. The summed E-state index contributed by atoms with van der Waals surface area (Å²) < 4.78 is 7.07. The number of amides is 1. The van der Waals surface area contributed by atoms with Gasteiger partial charge in [0.15, 0.2) is 11.0 Å². The van der Waals surface area contributed by atoms with Crippen LogP contribution in [-0.4, -0.2) is 46.7 Å². The van der Waals surface area contributed by atoms with Crippen LogP contribution in [0.1, 0.15) is 24.8 Å². The number of carbonyl (C=O) groups is 1. The summed E-state index contributed by atoms with van der Waals surface area (Å²) in [5.41, 5.74) is 3.26. The minimum Gasteiger partial charge on any atom is -0.385 e. The minimum absolute atomic E-state index is 0.0802. The van der Waals surface area contributed by atoms with E-state index in [2.05, 4.69) is 63.4 Å². The summed E-state index contributed by atoms with van der Waals surface area (Å²) in [5.74, 6) is 1.70. The second kappa shape index (κ2) is 11.5. The highest BCUT2D eigenvalue weighted by Crippen LogP contribution is 2.28. The van der Waals surface area contributed by atoms with E-state index < -0.39 is 0 Å². The monoisotopic (exact) mass is 424 g/mol. The number of hydrogen-bond acceptors (Lipinski definition) is 5. The van der Waals surface area contributed by atoms with Crippen molar-refractivity contribution in [2.75, 3.05) is 26.0 Å². The lowest BCUT2D eigenvalue weighted by Crippen LogP contribution is -2.24. The molecule has 7 heteroatoms. The lowest BCUT2D eigenvalue weighted by molar-refractivity contribution is -0.121. The molecule has 0 saturated carbocycles. The smallest absolute Gasteiger partial charge is 0.220 e. The topological polar surface area (TPSA) is 69.0 Å². The van der Waals surface area contributed by atoms with Crippen LogP contribution < -0.4 is 5.32 Å². The number of hydrogen-bond donors (Lipinski definition) is 1. The summed E-state index contributed by atoms with van der Waals surface area (Å²) in [7, 11) is 1.66. The number of aryl methyl sites for hydroxylation is 1. The fourth-order valence-electron chi connectivity index (χ4n) is 2.99. The fourth-order valence-corrected chi connectivity index (χ4v) is 3.88. The van der Waals surface area contributed by atoms with Crippen molar-refractivity contribution < 1.29 is 9.53 Å². The maximum atomic E-state index is 11.9. The first-order chi connectivity index (χ1) is 14.7. The lowest BCUT2D eigenvalue weighted by Gasteiger charge is -2.10. The molecule has 6 nitrogen and oxygen atoms in total. The number of rotatable bonds is 11. The van der Waals surface area contributed by atoms with Crippen molar-refractivity contribution in [3.63, 3.8) is 0 Å². The van der Waals surface area contributed by atoms with E-state index in [1.807, 2.05) is 18.2 Å². The molecule has 3 rings (SSSR count). The van der Waals surface area contributed by atoms with Gasteiger partial charge in [0.2, 0.25) is 5.91 Å². The van der Waals surface area contributed by atoms with Gasteiger partial charge in [0.25, 0.3) is 0 Å². The number of carbonyl (C=O) groups excluding carboxylic acids is 1. The van der Waals surface area contributed by atoms with Crippen LogP contribution in [0.3, 0.4) is 0 Å². The van der Waals surface area contributed by atoms with Crippen molar-refractivity contribution in [2.24, 2.45) is 0 Å². The summed E-state index contributed by atoms with van der Waals surface area (Å²) in [6.07, 6.45) is 2.12. The van der Waals surface area contributed by atoms with Gasteiger partial charge in [-0.2, -0.15) is 0 Å². The molecule has 3 aromatic rings. The first-order valence-corrected chi connectivity index (χ1v) is 11.1. The quantitative estimate of drug-likeness (QED) is 0.368. The summed E-state index contributed by atoms with van der Waals surface area (Å²) >= 11 is 1.62. The molecule has 1 heterocycles. The van der Waals surface area contributed by atoms with E-state index in [0.717, 1.165) is 40.8 Å². The molecule has 0 aliphatic rings. The van der Waals surface area contributed by atoms with Crippen LogP contribution >= 0.6 is 11.8 Å². The Bertz CT molecular complexity index is 926. The van der Waals surface area contributed by atoms with Crippen molar-refractivity contribution in [3.05, 3.63) is 60.2 Å². The van der Waals surface area contributed by atoms with E-state index in [9.17, 15) is 4.79 Å². The van der Waals surface area contributed by atoms with E-state index in [1.165, 1.54) is 5.56 Å². The first-order valence-electron chi connectivity index (χ1n) is 10.2. The zero-order chi connectivity index (χ0) is 21.2. The van der Waals surface area contributed by atoms with Crippen LogP contribution in [0.2, 0.25) is 0 Å². The van der Waals surface area contributed by atoms with Crippen LogP contribution in [0.4, 0.5) is 0 Å². The Labute approximate surface area is 182 Å². The maximum Gasteiger partial charge on any atom is 0.220 e. The zero-order valence-corrected chi connectivity index (χ0v) is 18.3. The van der Waals surface area contributed by atoms with Gasteiger partial charge >= 0.3 is 0 Å². The minimum atomic E-state index is 0.0802. The Morgan fingerprint density at radius 2 is 1.83 bits per heavy atom. The summed E-state index contributed by atoms with van der Waals surface area (Å²) in [6, 6.07) is 18.4. The van der Waals surface area contributed by atoms with E-state index in [0.29, 0.717) is 19.6 Å². The molecule has 0 fully saturated rings. The predicted octanol–water partition coefficient (Wildman–Crippen LogP) is 4.27. The summed E-state index contributed by atoms with van der Waals surface area (Å²) in [5, 5.41) is 12.7. The molecule has 0 aliphatic carbocycles. The molecule has 158 valence electrons. The maximum absolute atomic E-state index is 11.9. The molecule has 0 saturated heterocycles. The van der Waals surface area contributed by atoms with Crippen molar-refractivity contribution in [2.45, 2.75) is 31.3 Å². The van der Waals surface area contributed by atoms with Gasteiger partial charge in [0.05, 0.1) is 0 Å². The SMILES string of the molecule is COCCCNC(=O)CCCSc1nnc(-c2ccc(C)cc2)n1-c1ccccc1. The third-order valence-corrected chi connectivity index (χ3v) is 5.60. The molecule has 1 aromatic heterocycles. The number of aromatic nitrogens is 3. The average molecular weight is 425 g/mol. The second-order valence-electron chi connectivity index (χ2n) is 6.99. The van der Waals surface area contributed by atoms with E-state index >= 15 is 0 Å². The highest BCUT2D eigenvalue weighted by molar-refractivity contribution is 7.99. The highest BCUT2D eigenvalue weighted by atomic mass is 32.2. The number of thioether (sulfide) groups is 1. The largest absolute Gasteiger partial charge is 0.385 e. The van der Waals surface area contributed by atoms with Gasteiger partial charge in [-0.15, -0.1) is 10.2 Å². The molecular weight excluding hydrogens is 396 g/mol. The van der Waals surface area contributed by atoms with E-state index in [-0.39, 0.29) is 5.91 Å². The molecule has 0 bridgehead atoms. The number of nitrogens with zero attached hydrogens (tertiary/aromatic N) is 3. The molecule has 0 atom stereocenters. The zero-order valence-electron chi connectivity index (χ0n) is 17.5. The molecule has 1 N–H and O–H groups in total. The van der Waals surface area contributed by atoms with Gasteiger partial charge in [-0.25, -0.2) is 0 Å². The van der Waals surface area contributed by atoms with Crippen LogP contribution in [0.15, 0.2) is 59.8 Å². The Hall–Kier alpha value is -2.64. The number of para-hydroxylation sites is 1. The summed E-state index contributed by atoms with van der Waals surface area (Å²) in [6.45, 7) is 3.39. The van der Waals surface area contributed by atoms with Crippen LogP contribution in [-0.2, 0) is 9.53 Å². The third-order valence-electron chi connectivity index (χ3n) is 4.58. The number of benzene rings is 2. The standard InChI is InChI=1S/C23H28N4O2S/c1-18-11-13-19(14-12-18)22-25-26-23(27(22)20-8-4-3-5-9-20)30-17-6-10-21(28)24-15-7-16-29-2/h3-5,8-9,11-14H,6-7,10,15-17H2,1-2H3,(H,24,28). The van der Waals surface area contributed by atoms with Gasteiger partial charge in [-0.1, -0.05) is 59.8 Å². The first kappa shape index (κ1) is 22.1. The lowest BCUT2D eigenvalue weighted by atomic mass is 10.1. The molecule has 0 unspecified atom stereocenters. The second-order valence-corrected chi connectivity index (χ2v) is 8.05. The van der Waals surface area contributed by atoms with Crippen molar-refractivity contribution in [1.29, 1.82) is 0 Å². The Balaban J connectivity index is 1.65. The molecule has 0 radical (unpaired) electrons. The predicted molar refractivity (Wildman–Crippen MR) is 121 cm³/mol. The van der Waals surface area contributed by atoms with Gasteiger partial charge in [0, 0.05) is 43.7 Å². The van der Waals surface area contributed by atoms with Gasteiger partial charge in [0.1, 0.15) is 0 Å².